The van der Waals surface area contributed by atoms with Crippen LogP contribution in [-0.4, -0.2) is 37.3 Å². The van der Waals surface area contributed by atoms with Crippen LogP contribution in [0.4, 0.5) is 10.7 Å². The molecule has 1 N–H and O–H groups in total. The maximum atomic E-state index is 12.6. The molecule has 0 aliphatic carbocycles. The highest BCUT2D eigenvalue weighted by Crippen LogP contribution is 2.37. The van der Waals surface area contributed by atoms with Crippen LogP contribution >= 0.6 is 11.3 Å². The molecule has 9 nitrogen and oxygen atoms in total. The summed E-state index contributed by atoms with van der Waals surface area (Å²) in [6.45, 7) is 1.98. The van der Waals surface area contributed by atoms with E-state index >= 15 is 0 Å². The molecule has 0 unspecified atom stereocenters. The van der Waals surface area contributed by atoms with Crippen molar-refractivity contribution < 1.29 is 28.7 Å². The van der Waals surface area contributed by atoms with E-state index in [0.29, 0.717) is 21.9 Å². The topological polar surface area (TPSA) is 117 Å². The van der Waals surface area contributed by atoms with Crippen LogP contribution < -0.4 is 10.1 Å². The average Bonchev–Trinajstić information content (AvgIpc) is 3.25. The third kappa shape index (κ3) is 6.27. The fourth-order valence-corrected chi connectivity index (χ4v) is 3.92. The molecular weight excluding hydrogens is 460 g/mol. The van der Waals surface area contributed by atoms with Crippen LogP contribution in [0, 0.1) is 10.1 Å². The molecule has 0 atom stereocenters. The summed E-state index contributed by atoms with van der Waals surface area (Å²) in [5.74, 6) is -0.384. The van der Waals surface area contributed by atoms with Gasteiger partial charge in [-0.25, -0.2) is 4.79 Å². The first-order chi connectivity index (χ1) is 16.4. The Hall–Kier alpha value is -4.02. The van der Waals surface area contributed by atoms with Gasteiger partial charge >= 0.3 is 5.97 Å². The third-order valence-electron chi connectivity index (χ3n) is 4.55. The normalized spacial score (nSPS) is 10.8. The maximum absolute atomic E-state index is 12.6. The molecule has 0 saturated carbocycles. The Balaban J connectivity index is 1.79. The minimum atomic E-state index is -0.594. The van der Waals surface area contributed by atoms with E-state index in [-0.39, 0.29) is 24.7 Å². The van der Waals surface area contributed by atoms with Crippen molar-refractivity contribution in [2.45, 2.75) is 6.92 Å². The second-order valence-corrected chi connectivity index (χ2v) is 7.70. The summed E-state index contributed by atoms with van der Waals surface area (Å²) in [7, 11) is 1.53. The van der Waals surface area contributed by atoms with E-state index < -0.39 is 16.8 Å². The van der Waals surface area contributed by atoms with E-state index in [4.69, 9.17) is 14.2 Å². The maximum Gasteiger partial charge on any atom is 0.341 e. The van der Waals surface area contributed by atoms with Crippen molar-refractivity contribution in [3.8, 4) is 16.9 Å². The lowest BCUT2D eigenvalue weighted by Crippen LogP contribution is -2.12. The molecule has 0 bridgehead atoms. The first-order valence-corrected chi connectivity index (χ1v) is 11.0. The highest BCUT2D eigenvalue weighted by molar-refractivity contribution is 7.15. The van der Waals surface area contributed by atoms with Crippen molar-refractivity contribution in [1.29, 1.82) is 0 Å². The molecule has 1 amide bonds. The molecule has 0 radical (unpaired) electrons. The summed E-state index contributed by atoms with van der Waals surface area (Å²) in [6, 6.07) is 12.9. The molecular formula is C24H22N2O7S. The largest absolute Gasteiger partial charge is 0.468 e. The van der Waals surface area contributed by atoms with Gasteiger partial charge in [-0.15, -0.1) is 11.3 Å². The van der Waals surface area contributed by atoms with E-state index in [1.165, 1.54) is 36.7 Å². The first-order valence-electron chi connectivity index (χ1n) is 10.2. The molecule has 0 aliphatic heterocycles. The molecule has 1 aromatic heterocycles. The number of carbonyl (C=O) groups excluding carboxylic acids is 2. The quantitative estimate of drug-likeness (QED) is 0.140. The number of anilines is 1. The predicted molar refractivity (Wildman–Crippen MR) is 129 cm³/mol. The van der Waals surface area contributed by atoms with Crippen LogP contribution in [0.3, 0.4) is 0 Å². The zero-order valence-corrected chi connectivity index (χ0v) is 19.3. The zero-order valence-electron chi connectivity index (χ0n) is 18.5. The fourth-order valence-electron chi connectivity index (χ4n) is 2.96. The van der Waals surface area contributed by atoms with Gasteiger partial charge in [0, 0.05) is 36.3 Å². The molecule has 0 fully saturated rings. The Morgan fingerprint density at radius 1 is 1.12 bits per heavy atom. The molecule has 3 rings (SSSR count). The van der Waals surface area contributed by atoms with Crippen LogP contribution in [0.15, 0.2) is 60.0 Å². The number of benzene rings is 2. The second-order valence-electron chi connectivity index (χ2n) is 6.82. The summed E-state index contributed by atoms with van der Waals surface area (Å²) in [5.41, 5.74) is 2.03. The smallest absolute Gasteiger partial charge is 0.341 e. The summed E-state index contributed by atoms with van der Waals surface area (Å²) < 4.78 is 15.3. The Morgan fingerprint density at radius 2 is 1.82 bits per heavy atom. The van der Waals surface area contributed by atoms with Crippen molar-refractivity contribution in [1.82, 2.24) is 0 Å². The fraction of sp³-hybridized carbons (Fsp3) is 0.167. The number of amides is 1. The van der Waals surface area contributed by atoms with Crippen molar-refractivity contribution in [3.63, 3.8) is 0 Å². The third-order valence-corrected chi connectivity index (χ3v) is 5.44. The number of nitro benzene ring substituents is 1. The number of nitrogens with zero attached hydrogens (tertiary/aromatic N) is 1. The second kappa shape index (κ2) is 11.7. The molecule has 0 aliphatic rings. The zero-order chi connectivity index (χ0) is 24.5. The molecule has 34 heavy (non-hydrogen) atoms. The number of esters is 1. The number of hydrogen-bond donors (Lipinski definition) is 1. The Bertz CT molecular complexity index is 1190. The first kappa shape index (κ1) is 24.6. The standard InChI is InChI=1S/C24H22N2O7S/c1-3-32-24(28)22-20(17-7-9-18(10-8-17)26(29)30)14-34-23(22)25-21(27)13-6-16-4-11-19(12-5-16)33-15-31-2/h4-14H,3,15H2,1-2H3,(H,25,27)/b13-6+. The number of ether oxygens (including phenoxy) is 3. The Kier molecular flexibility index (Phi) is 8.49. The summed E-state index contributed by atoms with van der Waals surface area (Å²) in [5, 5.41) is 15.7. The number of methoxy groups -OCH3 is 1. The number of hydrogen-bond acceptors (Lipinski definition) is 8. The van der Waals surface area contributed by atoms with Crippen LogP contribution in [0.2, 0.25) is 0 Å². The average molecular weight is 483 g/mol. The molecule has 10 heteroatoms. The monoisotopic (exact) mass is 482 g/mol. The number of nitro groups is 1. The van der Waals surface area contributed by atoms with Gasteiger partial charge in [-0.2, -0.15) is 0 Å². The van der Waals surface area contributed by atoms with E-state index in [9.17, 15) is 19.7 Å². The molecule has 176 valence electrons. The number of carbonyl (C=O) groups is 2. The summed E-state index contributed by atoms with van der Waals surface area (Å²) >= 11 is 1.17. The number of thiophene rings is 1. The van der Waals surface area contributed by atoms with E-state index in [1.54, 1.807) is 54.8 Å². The van der Waals surface area contributed by atoms with Crippen LogP contribution in [0.1, 0.15) is 22.8 Å². The lowest BCUT2D eigenvalue weighted by atomic mass is 10.0. The highest BCUT2D eigenvalue weighted by atomic mass is 32.1. The molecule has 2 aromatic carbocycles. The number of rotatable bonds is 10. The van der Waals surface area contributed by atoms with Crippen molar-refractivity contribution >= 4 is 40.0 Å². The van der Waals surface area contributed by atoms with Gasteiger partial charge < -0.3 is 19.5 Å². The lowest BCUT2D eigenvalue weighted by molar-refractivity contribution is -0.384. The highest BCUT2D eigenvalue weighted by Gasteiger charge is 2.22. The van der Waals surface area contributed by atoms with Gasteiger partial charge in [-0.3, -0.25) is 14.9 Å². The van der Waals surface area contributed by atoms with E-state index in [2.05, 4.69) is 5.32 Å². The van der Waals surface area contributed by atoms with Crippen molar-refractivity contribution in [3.05, 3.63) is 81.2 Å². The van der Waals surface area contributed by atoms with Crippen molar-refractivity contribution in [2.24, 2.45) is 0 Å². The van der Waals surface area contributed by atoms with Gasteiger partial charge in [-0.05, 0) is 48.4 Å². The molecule has 3 aromatic rings. The number of nitrogens with one attached hydrogen (secondary N) is 1. The molecule has 0 spiro atoms. The summed E-state index contributed by atoms with van der Waals surface area (Å²) in [6.07, 6.45) is 2.98. The minimum absolute atomic E-state index is 0.0615. The van der Waals surface area contributed by atoms with Crippen molar-refractivity contribution in [2.75, 3.05) is 25.8 Å². The van der Waals surface area contributed by atoms with Gasteiger partial charge in [0.2, 0.25) is 5.91 Å². The predicted octanol–water partition coefficient (Wildman–Crippen LogP) is 5.13. The Morgan fingerprint density at radius 3 is 2.44 bits per heavy atom. The Labute approximate surface area is 199 Å². The van der Waals surface area contributed by atoms with E-state index in [0.717, 1.165) is 5.56 Å². The van der Waals surface area contributed by atoms with Gasteiger partial charge in [0.05, 0.1) is 11.5 Å². The van der Waals surface area contributed by atoms with Crippen LogP contribution in [0.5, 0.6) is 5.75 Å². The SMILES string of the molecule is CCOC(=O)c1c(-c2ccc([N+](=O)[O-])cc2)csc1NC(=O)/C=C/c1ccc(OCOC)cc1. The van der Waals surface area contributed by atoms with Gasteiger partial charge in [-0.1, -0.05) is 12.1 Å². The lowest BCUT2D eigenvalue weighted by Gasteiger charge is -2.08. The minimum Gasteiger partial charge on any atom is -0.468 e. The molecule has 0 saturated heterocycles. The molecule has 1 heterocycles. The van der Waals surface area contributed by atoms with E-state index in [1.807, 2.05) is 0 Å². The van der Waals surface area contributed by atoms with Crippen LogP contribution in [-0.2, 0) is 14.3 Å². The van der Waals surface area contributed by atoms with Crippen LogP contribution in [0.25, 0.3) is 17.2 Å². The van der Waals surface area contributed by atoms with Gasteiger partial charge in [0.25, 0.3) is 5.69 Å². The number of non-ortho nitro benzene ring substituents is 1. The summed E-state index contributed by atoms with van der Waals surface area (Å²) in [4.78, 5) is 35.6. The van der Waals surface area contributed by atoms with Gasteiger partial charge in [0.1, 0.15) is 16.3 Å². The van der Waals surface area contributed by atoms with Gasteiger partial charge in [0.15, 0.2) is 6.79 Å².